The third-order valence-electron chi connectivity index (χ3n) is 19.4. The van der Waals surface area contributed by atoms with Crippen LogP contribution in [0.4, 0.5) is 15.8 Å². The molecule has 3 aromatic carbocycles. The molecule has 5 bridgehead atoms. The summed E-state index contributed by atoms with van der Waals surface area (Å²) >= 11 is 0. The van der Waals surface area contributed by atoms with E-state index in [1.165, 1.54) is 52.8 Å². The van der Waals surface area contributed by atoms with E-state index in [1.54, 1.807) is 69.3 Å². The number of carboxylic acid groups (broad SMARTS) is 1. The Hall–Kier alpha value is -7.53. The molecule has 7 aliphatic rings. The number of Topliss-reactive ketones (excluding diaryl/α,β-unsaturated/α-hetero) is 1. The lowest BCUT2D eigenvalue weighted by Gasteiger charge is -2.41. The molecule has 11 rings (SSSR count). The van der Waals surface area contributed by atoms with Crippen molar-refractivity contribution in [3.63, 3.8) is 0 Å². The molecule has 1 aromatic heterocycles. The number of nitrogens with zero attached hydrogens (tertiary/aromatic N) is 5. The highest BCUT2D eigenvalue weighted by Crippen LogP contribution is 2.55. The molecule has 5 heterocycles. The van der Waals surface area contributed by atoms with Gasteiger partial charge in [-0.15, -0.1) is 0 Å². The normalized spacial score (nSPS) is 29.7. The van der Waals surface area contributed by atoms with Gasteiger partial charge >= 0.3 is 11.9 Å². The Bertz CT molecular complexity index is 3600. The van der Waals surface area contributed by atoms with Gasteiger partial charge < -0.3 is 64.4 Å². The highest BCUT2D eigenvalue weighted by molar-refractivity contribution is 6.23. The standard InChI is InChI=1S/C64H79FN6O15/c1-31-12-11-13-32(2)61(80)67-49-42(28-66-70-23-21-69(22-24-70)64(18-19-64)38-16-20-68(29-38)51-44(65)26-40-50(59(51)84-10)71(39-14-15-39)30-43(55(40)76)62(81)82)56(77)47-46-41(33(3)54(75)48(47)57(49)78)27-63(8,60(46)79)85-25-17-45(83-9)34(4)58(86-37(7)72)36(6)53(74)35(5)52(31)73/h11-13,17,25-26,28,30-31,34-36,38-39,45,52-53,58,73-75,77-78H,14-16,18-24,27,29H2,1-10H3,(H,67,80)(H,81,82)/b12-11+,25-17+,32-13-,66-28+/t31-,34+,35+,36+,38?,45-,52-,53+,58+,63-/m0/s1. The molecule has 462 valence electrons. The van der Waals surface area contributed by atoms with E-state index in [1.807, 2.05) is 4.90 Å². The van der Waals surface area contributed by atoms with Crippen molar-refractivity contribution in [3.05, 3.63) is 92.3 Å². The van der Waals surface area contributed by atoms with Crippen LogP contribution in [0.5, 0.6) is 23.0 Å². The van der Waals surface area contributed by atoms with Gasteiger partial charge in [0.05, 0.1) is 65.4 Å². The highest BCUT2D eigenvalue weighted by Gasteiger charge is 2.56. The van der Waals surface area contributed by atoms with Gasteiger partial charge in [-0.3, -0.25) is 29.1 Å². The fraction of sp³-hybridized carbons (Fsp3) is 0.531. The van der Waals surface area contributed by atoms with E-state index < -0.39 is 111 Å². The Morgan fingerprint density at radius 1 is 0.895 bits per heavy atom. The molecule has 22 heteroatoms. The first kappa shape index (κ1) is 61.6. The summed E-state index contributed by atoms with van der Waals surface area (Å²) in [5, 5.41) is 78.8. The Morgan fingerprint density at radius 3 is 2.22 bits per heavy atom. The number of pyridine rings is 1. The predicted octanol–water partition coefficient (Wildman–Crippen LogP) is 7.47. The van der Waals surface area contributed by atoms with Crippen molar-refractivity contribution in [2.45, 2.75) is 136 Å². The number of hydrogen-bond donors (Lipinski definition) is 7. The zero-order valence-corrected chi connectivity index (χ0v) is 50.3. The number of phenols is 3. The first-order valence-corrected chi connectivity index (χ1v) is 29.6. The number of carbonyl (C=O) groups excluding carboxylic acids is 3. The molecule has 21 nitrogen and oxygen atoms in total. The van der Waals surface area contributed by atoms with Crippen molar-refractivity contribution in [2.24, 2.45) is 34.7 Å². The van der Waals surface area contributed by atoms with Crippen molar-refractivity contribution in [3.8, 4) is 23.0 Å². The molecule has 4 aliphatic heterocycles. The lowest BCUT2D eigenvalue weighted by atomic mass is 9.78. The van der Waals surface area contributed by atoms with Crippen LogP contribution in [0.2, 0.25) is 0 Å². The summed E-state index contributed by atoms with van der Waals surface area (Å²) in [6.45, 7) is 16.0. The number of aromatic hydroxyl groups is 3. The number of methoxy groups -OCH3 is 2. The number of benzene rings is 3. The van der Waals surface area contributed by atoms with Crippen LogP contribution in [-0.4, -0.2) is 164 Å². The summed E-state index contributed by atoms with van der Waals surface area (Å²) in [6.07, 6.45) is 10.5. The molecule has 10 atom stereocenters. The minimum Gasteiger partial charge on any atom is -0.507 e. The second kappa shape index (κ2) is 23.6. The van der Waals surface area contributed by atoms with E-state index in [-0.39, 0.29) is 79.5 Å². The number of ketones is 1. The van der Waals surface area contributed by atoms with Gasteiger partial charge in [-0.2, -0.15) is 5.10 Å². The number of fused-ring (bicyclic) bond motifs is 15. The summed E-state index contributed by atoms with van der Waals surface area (Å²) in [4.78, 5) is 71.5. The Morgan fingerprint density at radius 2 is 1.59 bits per heavy atom. The topological polar surface area (TPSA) is 283 Å². The van der Waals surface area contributed by atoms with E-state index in [9.17, 15) is 54.6 Å². The number of halogens is 1. The molecule has 2 saturated heterocycles. The van der Waals surface area contributed by atoms with Gasteiger partial charge in [0.1, 0.15) is 28.9 Å². The van der Waals surface area contributed by atoms with Crippen molar-refractivity contribution >= 4 is 62.9 Å². The maximum Gasteiger partial charge on any atom is 0.341 e. The molecular formula is C64H79FN6O15. The SMILES string of the molecule is COc1c(N2CCC(C3(N4CCN(/N=C/c5c6c(O)c7c(O)c(C)c8c(c7c5O)C(=O)[C@](C)(C8)O/C=C/[C@H](OC)[C@@H](C)[C@@H](OC(C)=O)[C@H](C)[C@H](O)[C@H](C)[C@@H](O)[C@@H](C)/C=C/C=C(/C)C(=O)N6)CC4)CC3)C2)c(F)cc2c(=O)c(C(=O)O)cn(C3CC3)c12. The van der Waals surface area contributed by atoms with Gasteiger partial charge in [0.2, 0.25) is 11.2 Å². The molecular weight excluding hydrogens is 1110 g/mol. The largest absolute Gasteiger partial charge is 0.507 e. The summed E-state index contributed by atoms with van der Waals surface area (Å²) in [6, 6.07) is 1.11. The van der Waals surface area contributed by atoms with Crippen LogP contribution >= 0.6 is 0 Å². The summed E-state index contributed by atoms with van der Waals surface area (Å²) in [5.41, 5.74) is -2.07. The van der Waals surface area contributed by atoms with E-state index in [2.05, 4.69) is 10.2 Å². The number of rotatable bonds is 10. The van der Waals surface area contributed by atoms with Crippen molar-refractivity contribution in [1.29, 1.82) is 0 Å². The number of aromatic carboxylic acids is 1. The van der Waals surface area contributed by atoms with Gasteiger partial charge in [-0.1, -0.05) is 45.9 Å². The minimum atomic E-state index is -1.62. The number of aliphatic hydroxyl groups is 2. The number of esters is 1. The van der Waals surface area contributed by atoms with Gasteiger partial charge in [-0.25, -0.2) is 9.18 Å². The fourth-order valence-electron chi connectivity index (χ4n) is 14.0. The molecule has 0 radical (unpaired) electrons. The second-order valence-electron chi connectivity index (χ2n) is 24.8. The molecule has 1 unspecified atom stereocenters. The molecule has 0 spiro atoms. The van der Waals surface area contributed by atoms with E-state index in [4.69, 9.17) is 24.0 Å². The van der Waals surface area contributed by atoms with Crippen LogP contribution in [0.25, 0.3) is 21.7 Å². The molecule has 2 saturated carbocycles. The number of amides is 1. The summed E-state index contributed by atoms with van der Waals surface area (Å²) in [5.74, 6) is -7.75. The average molecular weight is 1190 g/mol. The van der Waals surface area contributed by atoms with E-state index in [0.29, 0.717) is 50.3 Å². The molecule has 1 amide bonds. The number of ether oxygens (including phenoxy) is 4. The van der Waals surface area contributed by atoms with Crippen LogP contribution in [0.3, 0.4) is 0 Å². The van der Waals surface area contributed by atoms with Gasteiger partial charge in [0.25, 0.3) is 5.91 Å². The van der Waals surface area contributed by atoms with Crippen molar-refractivity contribution < 1.29 is 73.2 Å². The number of allylic oxidation sites excluding steroid dienone is 2. The van der Waals surface area contributed by atoms with Gasteiger partial charge in [0, 0.05) is 118 Å². The predicted molar refractivity (Wildman–Crippen MR) is 320 cm³/mol. The lowest BCUT2D eigenvalue weighted by molar-refractivity contribution is -0.160. The summed E-state index contributed by atoms with van der Waals surface area (Å²) in [7, 11) is 2.89. The first-order valence-electron chi connectivity index (χ1n) is 29.6. The molecule has 86 heavy (non-hydrogen) atoms. The van der Waals surface area contributed by atoms with Crippen molar-refractivity contribution in [2.75, 3.05) is 63.7 Å². The highest BCUT2D eigenvalue weighted by atomic mass is 19.1. The zero-order valence-electron chi connectivity index (χ0n) is 50.3. The van der Waals surface area contributed by atoms with Crippen LogP contribution < -0.4 is 20.4 Å². The number of piperazine rings is 1. The monoisotopic (exact) mass is 1190 g/mol. The average Bonchev–Trinajstić information content (AvgIpc) is 1.42. The van der Waals surface area contributed by atoms with Crippen molar-refractivity contribution in [1.82, 2.24) is 14.5 Å². The van der Waals surface area contributed by atoms with Crippen LogP contribution in [-0.2, 0) is 30.2 Å². The van der Waals surface area contributed by atoms with Crippen LogP contribution in [0.1, 0.15) is 124 Å². The lowest BCUT2D eigenvalue weighted by Crippen LogP contribution is -2.53. The number of phenolic OH excluding ortho intramolecular Hbond substituents is 3. The van der Waals surface area contributed by atoms with E-state index >= 15 is 4.39 Å². The molecule has 4 fully saturated rings. The van der Waals surface area contributed by atoms with E-state index in [0.717, 1.165) is 38.2 Å². The van der Waals surface area contributed by atoms with Crippen LogP contribution in [0, 0.1) is 42.3 Å². The maximum absolute atomic E-state index is 16.4. The van der Waals surface area contributed by atoms with Crippen LogP contribution in [0.15, 0.2) is 58.3 Å². The summed E-state index contributed by atoms with van der Waals surface area (Å²) < 4.78 is 42.0. The number of aromatic nitrogens is 1. The molecule has 7 N–H and O–H groups in total. The van der Waals surface area contributed by atoms with Gasteiger partial charge in [0.15, 0.2) is 22.9 Å². The Balaban J connectivity index is 0.951. The number of hydrogen-bond acceptors (Lipinski definition) is 18. The number of carboxylic acids is 1. The third-order valence-corrected chi connectivity index (χ3v) is 19.4. The first-order chi connectivity index (χ1) is 40.8. The Kier molecular flexibility index (Phi) is 16.9. The molecule has 4 aromatic rings. The number of nitrogens with one attached hydrogen (secondary N) is 1. The third kappa shape index (κ3) is 10.8. The number of carbonyl (C=O) groups is 4. The second-order valence-corrected chi connectivity index (χ2v) is 24.8. The quantitative estimate of drug-likeness (QED) is 0.0351. The smallest absolute Gasteiger partial charge is 0.341 e. The number of aliphatic hydroxyl groups excluding tert-OH is 2. The number of anilines is 2. The maximum atomic E-state index is 16.4. The number of hydrazone groups is 1. The van der Waals surface area contributed by atoms with Gasteiger partial charge in [-0.05, 0) is 82.1 Å². The zero-order chi connectivity index (χ0) is 62.2. The fourth-order valence-corrected chi connectivity index (χ4v) is 14.0. The minimum absolute atomic E-state index is 0.00883. The Labute approximate surface area is 497 Å². The molecule has 3 aliphatic carbocycles.